The normalized spacial score (nSPS) is 13.2. The molecule has 5 nitrogen and oxygen atoms in total. The maximum atomic E-state index is 11.4. The number of nitrogens with zero attached hydrogens (tertiary/aromatic N) is 3. The molecule has 1 aromatic carbocycles. The first-order valence-electron chi connectivity index (χ1n) is 4.90. The number of hydrogen-bond donors (Lipinski definition) is 0. The number of hydrogen-bond acceptors (Lipinski definition) is 4. The second-order valence-electron chi connectivity index (χ2n) is 3.12. The quantitative estimate of drug-likeness (QED) is 0.726. The maximum Gasteiger partial charge on any atom is 0.338 e. The van der Waals surface area contributed by atoms with Gasteiger partial charge in [0.05, 0.1) is 18.4 Å². The zero-order valence-electron chi connectivity index (χ0n) is 8.75. The van der Waals surface area contributed by atoms with Gasteiger partial charge < -0.3 is 4.74 Å². The fourth-order valence-corrected chi connectivity index (χ4v) is 1.30. The van der Waals surface area contributed by atoms with E-state index in [1.54, 1.807) is 37.4 Å². The summed E-state index contributed by atoms with van der Waals surface area (Å²) in [6.07, 6.45) is 1.57. The Morgan fingerprint density at radius 3 is 2.62 bits per heavy atom. The van der Waals surface area contributed by atoms with E-state index >= 15 is 0 Å². The highest BCUT2D eigenvalue weighted by Crippen LogP contribution is 2.17. The van der Waals surface area contributed by atoms with E-state index in [4.69, 9.17) is 4.74 Å². The highest BCUT2D eigenvalue weighted by atomic mass is 16.5. The van der Waals surface area contributed by atoms with Gasteiger partial charge in [-0.25, -0.2) is 4.79 Å². The summed E-state index contributed by atoms with van der Waals surface area (Å²) in [7, 11) is 0. The molecular formula is C11H10N3O2. The van der Waals surface area contributed by atoms with Gasteiger partial charge in [-0.2, -0.15) is 0 Å². The molecule has 0 saturated heterocycles. The Hall–Kier alpha value is -2.17. The van der Waals surface area contributed by atoms with Crippen molar-refractivity contribution in [1.82, 2.24) is 5.43 Å². The second-order valence-corrected chi connectivity index (χ2v) is 3.12. The summed E-state index contributed by atoms with van der Waals surface area (Å²) in [5, 5.41) is 7.13. The van der Waals surface area contributed by atoms with E-state index in [2.05, 4.69) is 15.8 Å². The highest BCUT2D eigenvalue weighted by Gasteiger charge is 2.09. The number of benzene rings is 1. The number of rotatable bonds is 3. The molecule has 0 aliphatic carbocycles. The van der Waals surface area contributed by atoms with Gasteiger partial charge >= 0.3 is 5.97 Å². The molecule has 0 spiro atoms. The number of esters is 1. The van der Waals surface area contributed by atoms with Gasteiger partial charge in [-0.1, -0.05) is 12.1 Å². The van der Waals surface area contributed by atoms with Gasteiger partial charge in [-0.05, 0) is 24.3 Å². The van der Waals surface area contributed by atoms with Crippen molar-refractivity contribution in [2.24, 2.45) is 10.3 Å². The largest absolute Gasteiger partial charge is 0.462 e. The molecule has 16 heavy (non-hydrogen) atoms. The van der Waals surface area contributed by atoms with Crippen LogP contribution in [0.3, 0.4) is 0 Å². The summed E-state index contributed by atoms with van der Waals surface area (Å²) >= 11 is 0. The number of carbonyl (C=O) groups is 1. The van der Waals surface area contributed by atoms with Crippen LogP contribution >= 0.6 is 0 Å². The fraction of sp³-hybridized carbons (Fsp3) is 0.182. The molecule has 0 N–H and O–H groups in total. The van der Waals surface area contributed by atoms with Gasteiger partial charge in [0.25, 0.3) is 0 Å². The predicted molar refractivity (Wildman–Crippen MR) is 57.4 cm³/mol. The minimum absolute atomic E-state index is 0.319. The first kappa shape index (κ1) is 10.4. The average Bonchev–Trinajstić information content (AvgIpc) is 2.83. The molecule has 0 atom stereocenters. The molecule has 5 heteroatoms. The second kappa shape index (κ2) is 4.57. The SMILES string of the molecule is CCOC(=O)c1ccc(C2=CN=N[N]2)cc1. The molecule has 1 aliphatic heterocycles. The Morgan fingerprint density at radius 2 is 2.06 bits per heavy atom. The van der Waals surface area contributed by atoms with E-state index < -0.39 is 0 Å². The van der Waals surface area contributed by atoms with Gasteiger partial charge in [0, 0.05) is 5.56 Å². The smallest absolute Gasteiger partial charge is 0.338 e. The third-order valence-electron chi connectivity index (χ3n) is 2.08. The minimum Gasteiger partial charge on any atom is -0.462 e. The Balaban J connectivity index is 2.13. The van der Waals surface area contributed by atoms with Crippen molar-refractivity contribution in [3.05, 3.63) is 41.6 Å². The third-order valence-corrected chi connectivity index (χ3v) is 2.08. The lowest BCUT2D eigenvalue weighted by atomic mass is 10.1. The topological polar surface area (TPSA) is 65.1 Å². The summed E-state index contributed by atoms with van der Waals surface area (Å²) < 4.78 is 4.88. The molecule has 0 amide bonds. The Labute approximate surface area is 92.8 Å². The Morgan fingerprint density at radius 1 is 1.31 bits per heavy atom. The van der Waals surface area contributed by atoms with Gasteiger partial charge in [-0.3, -0.25) is 0 Å². The van der Waals surface area contributed by atoms with Crippen LogP contribution in [0.4, 0.5) is 0 Å². The molecule has 1 aliphatic rings. The molecule has 81 valence electrons. The van der Waals surface area contributed by atoms with E-state index in [1.165, 1.54) is 0 Å². The molecule has 1 radical (unpaired) electrons. The minimum atomic E-state index is -0.319. The highest BCUT2D eigenvalue weighted by molar-refractivity contribution is 5.89. The number of ether oxygens (including phenoxy) is 1. The van der Waals surface area contributed by atoms with Crippen LogP contribution in [0.15, 0.2) is 40.8 Å². The molecule has 0 aromatic heterocycles. The predicted octanol–water partition coefficient (Wildman–Crippen LogP) is 2.15. The van der Waals surface area contributed by atoms with Crippen molar-refractivity contribution < 1.29 is 9.53 Å². The average molecular weight is 216 g/mol. The summed E-state index contributed by atoms with van der Waals surface area (Å²) in [5.41, 5.74) is 5.91. The van der Waals surface area contributed by atoms with Crippen LogP contribution in [-0.2, 0) is 4.74 Å². The van der Waals surface area contributed by atoms with E-state index in [0.717, 1.165) is 5.56 Å². The van der Waals surface area contributed by atoms with Crippen molar-refractivity contribution in [3.8, 4) is 0 Å². The van der Waals surface area contributed by atoms with Crippen molar-refractivity contribution in [1.29, 1.82) is 0 Å². The van der Waals surface area contributed by atoms with Crippen LogP contribution in [0.25, 0.3) is 5.70 Å². The lowest BCUT2D eigenvalue weighted by Gasteiger charge is -2.03. The molecule has 0 unspecified atom stereocenters. The van der Waals surface area contributed by atoms with Crippen LogP contribution in [0.2, 0.25) is 0 Å². The summed E-state index contributed by atoms with van der Waals surface area (Å²) in [5.74, 6) is -0.319. The van der Waals surface area contributed by atoms with Gasteiger partial charge in [0.2, 0.25) is 0 Å². The van der Waals surface area contributed by atoms with Crippen LogP contribution in [0.1, 0.15) is 22.8 Å². The van der Waals surface area contributed by atoms with Gasteiger partial charge in [0.15, 0.2) is 0 Å². The molecule has 1 aromatic rings. The molecule has 0 bridgehead atoms. The third kappa shape index (κ3) is 2.08. The van der Waals surface area contributed by atoms with E-state index in [-0.39, 0.29) is 5.97 Å². The van der Waals surface area contributed by atoms with Crippen molar-refractivity contribution in [2.45, 2.75) is 6.92 Å². The van der Waals surface area contributed by atoms with Crippen molar-refractivity contribution >= 4 is 11.7 Å². The first-order valence-corrected chi connectivity index (χ1v) is 4.90. The van der Waals surface area contributed by atoms with Crippen LogP contribution in [-0.4, -0.2) is 12.6 Å². The Bertz CT molecular complexity index is 449. The number of carbonyl (C=O) groups excluding carboxylic acids is 1. The molecule has 2 rings (SSSR count). The van der Waals surface area contributed by atoms with Gasteiger partial charge in [0.1, 0.15) is 5.70 Å². The van der Waals surface area contributed by atoms with Gasteiger partial charge in [-0.15, -0.1) is 10.5 Å². The van der Waals surface area contributed by atoms with E-state index in [0.29, 0.717) is 17.9 Å². The summed E-state index contributed by atoms with van der Waals surface area (Å²) in [6, 6.07) is 6.97. The lowest BCUT2D eigenvalue weighted by molar-refractivity contribution is 0.0526. The Kier molecular flexibility index (Phi) is 2.95. The fourth-order valence-electron chi connectivity index (χ4n) is 1.30. The van der Waals surface area contributed by atoms with E-state index in [1.807, 2.05) is 0 Å². The summed E-state index contributed by atoms with van der Waals surface area (Å²) in [6.45, 7) is 2.15. The van der Waals surface area contributed by atoms with E-state index in [9.17, 15) is 4.79 Å². The molecular weight excluding hydrogens is 206 g/mol. The zero-order valence-corrected chi connectivity index (χ0v) is 8.75. The van der Waals surface area contributed by atoms with Crippen LogP contribution < -0.4 is 5.43 Å². The summed E-state index contributed by atoms with van der Waals surface area (Å²) in [4.78, 5) is 11.4. The molecule has 1 heterocycles. The molecule has 0 fully saturated rings. The zero-order chi connectivity index (χ0) is 11.4. The monoisotopic (exact) mass is 216 g/mol. The first-order chi connectivity index (χ1) is 7.81. The lowest BCUT2D eigenvalue weighted by Crippen LogP contribution is -2.04. The van der Waals surface area contributed by atoms with Crippen LogP contribution in [0.5, 0.6) is 0 Å². The van der Waals surface area contributed by atoms with Crippen molar-refractivity contribution in [2.75, 3.05) is 6.61 Å². The van der Waals surface area contributed by atoms with Crippen molar-refractivity contribution in [3.63, 3.8) is 0 Å². The maximum absolute atomic E-state index is 11.4. The van der Waals surface area contributed by atoms with Crippen LogP contribution in [0, 0.1) is 0 Å². The standard InChI is InChI=1S/C11H10N3O2/c1-2-16-11(15)9-5-3-8(4-6-9)10-7-12-14-13-10/h3-7H,2H2,1H3. The molecule has 0 saturated carbocycles.